The summed E-state index contributed by atoms with van der Waals surface area (Å²) in [5.74, 6) is 2.71. The molecule has 6 nitrogen and oxygen atoms in total. The van der Waals surface area contributed by atoms with Gasteiger partial charge in [-0.2, -0.15) is 0 Å². The number of hydrogen-bond donors (Lipinski definition) is 2. The highest BCUT2D eigenvalue weighted by Gasteiger charge is 2.39. The van der Waals surface area contributed by atoms with E-state index in [1.807, 2.05) is 49.4 Å². The number of nitrogens with zero attached hydrogens (tertiary/aromatic N) is 2. The van der Waals surface area contributed by atoms with Gasteiger partial charge in [-0.25, -0.2) is 4.99 Å². The van der Waals surface area contributed by atoms with Crippen LogP contribution in [-0.2, 0) is 0 Å². The summed E-state index contributed by atoms with van der Waals surface area (Å²) in [6.45, 7) is 11.7. The molecule has 1 aromatic heterocycles. The van der Waals surface area contributed by atoms with E-state index in [-0.39, 0.29) is 23.8 Å². The number of furan rings is 1. The number of hydrogen-bond acceptors (Lipinski definition) is 4. The molecule has 0 saturated carbocycles. The zero-order valence-corrected chi connectivity index (χ0v) is 34.3. The van der Waals surface area contributed by atoms with Crippen LogP contribution in [0.25, 0.3) is 33.1 Å². The Balaban J connectivity index is 1.04. The molecule has 0 fully saturated rings. The molecule has 5 aromatic rings. The van der Waals surface area contributed by atoms with Crippen molar-refractivity contribution in [2.75, 3.05) is 13.6 Å². The SMILES string of the molecule is C=C(/C=C\C(C)CC(=C\C=C/C)/C(=N/C(=N)c1cccc2c1oc1ccccc12)N(C)C[C@H](C)C1C=CC=C1)NC1=CC=CC2Oc3cccc(-c4ccccc4)c3C12. The molecule has 3 aliphatic rings. The Morgan fingerprint density at radius 3 is 2.49 bits per heavy atom. The van der Waals surface area contributed by atoms with Gasteiger partial charge in [0.2, 0.25) is 0 Å². The Kier molecular flexibility index (Phi) is 11.6. The molecular weight excluding hydrogens is 725 g/mol. The van der Waals surface area contributed by atoms with Crippen molar-refractivity contribution in [1.82, 2.24) is 10.2 Å². The number of rotatable bonds is 13. The molecule has 0 bridgehead atoms. The number of ether oxygens (including phenoxy) is 1. The lowest BCUT2D eigenvalue weighted by molar-refractivity contribution is 0.262. The van der Waals surface area contributed by atoms with E-state index in [1.165, 1.54) is 16.7 Å². The van der Waals surface area contributed by atoms with Gasteiger partial charge in [0, 0.05) is 41.3 Å². The number of nitrogens with one attached hydrogen (secondary N) is 2. The zero-order valence-electron chi connectivity index (χ0n) is 34.3. The molecule has 2 N–H and O–H groups in total. The largest absolute Gasteiger partial charge is 0.485 e. The van der Waals surface area contributed by atoms with E-state index < -0.39 is 0 Å². The van der Waals surface area contributed by atoms with Gasteiger partial charge in [0.05, 0.1) is 11.5 Å². The van der Waals surface area contributed by atoms with Gasteiger partial charge in [0.15, 0.2) is 5.84 Å². The van der Waals surface area contributed by atoms with Crippen LogP contribution in [0.3, 0.4) is 0 Å². The normalized spacial score (nSPS) is 18.7. The van der Waals surface area contributed by atoms with Crippen LogP contribution in [0.2, 0.25) is 0 Å². The maximum absolute atomic E-state index is 9.43. The molecule has 6 heteroatoms. The second-order valence-electron chi connectivity index (χ2n) is 15.8. The van der Waals surface area contributed by atoms with Crippen LogP contribution < -0.4 is 10.1 Å². The molecule has 2 heterocycles. The van der Waals surface area contributed by atoms with Crippen LogP contribution in [0.15, 0.2) is 197 Å². The van der Waals surface area contributed by atoms with Crippen molar-refractivity contribution < 1.29 is 9.15 Å². The maximum atomic E-state index is 9.43. The van der Waals surface area contributed by atoms with E-state index in [4.69, 9.17) is 14.1 Å². The average molecular weight is 777 g/mol. The van der Waals surface area contributed by atoms with Crippen LogP contribution in [0.1, 0.15) is 44.2 Å². The third-order valence-electron chi connectivity index (χ3n) is 11.5. The minimum Gasteiger partial charge on any atom is -0.485 e. The highest BCUT2D eigenvalue weighted by molar-refractivity contribution is 6.17. The molecule has 0 radical (unpaired) electrons. The minimum atomic E-state index is -0.0898. The summed E-state index contributed by atoms with van der Waals surface area (Å²) < 4.78 is 12.8. The molecule has 8 rings (SSSR count). The smallest absolute Gasteiger partial charge is 0.158 e. The van der Waals surface area contributed by atoms with E-state index in [9.17, 15) is 5.41 Å². The first-order valence-corrected chi connectivity index (χ1v) is 20.6. The van der Waals surface area contributed by atoms with Crippen molar-refractivity contribution in [2.45, 2.75) is 39.2 Å². The summed E-state index contributed by atoms with van der Waals surface area (Å²) in [7, 11) is 2.09. The third-order valence-corrected chi connectivity index (χ3v) is 11.5. The predicted octanol–water partition coefficient (Wildman–Crippen LogP) is 12.5. The van der Waals surface area contributed by atoms with Crippen LogP contribution in [-0.4, -0.2) is 36.3 Å². The molecule has 3 unspecified atom stereocenters. The monoisotopic (exact) mass is 776 g/mol. The quantitative estimate of drug-likeness (QED) is 0.0709. The fourth-order valence-electron chi connectivity index (χ4n) is 8.53. The Morgan fingerprint density at radius 2 is 1.68 bits per heavy atom. The van der Waals surface area contributed by atoms with Crippen molar-refractivity contribution in [3.63, 3.8) is 0 Å². The Morgan fingerprint density at radius 1 is 0.915 bits per heavy atom. The number of aliphatic imine (C=N–C) groups is 1. The Labute approximate surface area is 348 Å². The van der Waals surface area contributed by atoms with Gasteiger partial charge in [-0.1, -0.05) is 148 Å². The molecule has 1 aliphatic heterocycles. The third kappa shape index (κ3) is 8.35. The molecule has 0 spiro atoms. The maximum Gasteiger partial charge on any atom is 0.158 e. The molecule has 4 atom stereocenters. The summed E-state index contributed by atoms with van der Waals surface area (Å²) >= 11 is 0. The summed E-state index contributed by atoms with van der Waals surface area (Å²) in [5, 5.41) is 15.1. The van der Waals surface area contributed by atoms with Gasteiger partial charge < -0.3 is 19.4 Å². The van der Waals surface area contributed by atoms with Gasteiger partial charge in [0.1, 0.15) is 28.9 Å². The van der Waals surface area contributed by atoms with Crippen LogP contribution in [0.4, 0.5) is 0 Å². The number of likely N-dealkylation sites (N-methyl/N-ethyl adjacent to an activating group) is 1. The van der Waals surface area contributed by atoms with E-state index in [2.05, 4.69) is 159 Å². The molecule has 0 amide bonds. The summed E-state index contributed by atoms with van der Waals surface area (Å²) in [5.41, 5.74) is 8.62. The van der Waals surface area contributed by atoms with Crippen molar-refractivity contribution >= 4 is 33.6 Å². The number of benzene rings is 4. The van der Waals surface area contributed by atoms with Crippen molar-refractivity contribution in [1.29, 1.82) is 5.41 Å². The van der Waals surface area contributed by atoms with Crippen LogP contribution in [0.5, 0.6) is 5.75 Å². The van der Waals surface area contributed by atoms with E-state index in [1.54, 1.807) is 0 Å². The average Bonchev–Trinajstić information content (AvgIpc) is 4.02. The number of allylic oxidation sites excluding steroid dienone is 11. The standard InChI is InChI=1S/C53H52N4O2/c1-6-7-18-40(33-35(2)31-32-37(4)55-45-27-17-30-48-50(45)49-41(24-16-29-47(49)58-48)39-21-9-8-10-22-39)53(57(5)34-36(3)38-19-11-12-20-38)56-52(54)44-26-15-25-43-42-23-13-14-28-46(42)59-51(43)44/h6-32,35-36,38,48,50,54-55H,4,33-34H2,1-3,5H3/b7-6-,32-31-,40-18+,54-52?,56-53-/t35?,36-,48?,50?/m0/s1. The van der Waals surface area contributed by atoms with Crippen LogP contribution >= 0.6 is 0 Å². The fraction of sp³-hybridized carbons (Fsp3) is 0.208. The second kappa shape index (κ2) is 17.5. The molecular formula is C53H52N4O2. The van der Waals surface area contributed by atoms with Gasteiger partial charge in [-0.05, 0) is 84.2 Å². The second-order valence-corrected chi connectivity index (χ2v) is 15.8. The Bertz CT molecular complexity index is 2620. The number of para-hydroxylation sites is 2. The number of amidine groups is 2. The summed E-state index contributed by atoms with van der Waals surface area (Å²) in [6.07, 6.45) is 26.2. The summed E-state index contributed by atoms with van der Waals surface area (Å²) in [6, 6.07) is 30.8. The highest BCUT2D eigenvalue weighted by Crippen LogP contribution is 2.48. The molecule has 2 aliphatic carbocycles. The molecule has 0 saturated heterocycles. The lowest BCUT2D eigenvalue weighted by atomic mass is 9.84. The lowest BCUT2D eigenvalue weighted by Crippen LogP contribution is -2.35. The first-order chi connectivity index (χ1) is 28.8. The van der Waals surface area contributed by atoms with Crippen molar-refractivity contribution in [3.05, 3.63) is 199 Å². The van der Waals surface area contributed by atoms with Gasteiger partial charge in [-0.15, -0.1) is 0 Å². The lowest BCUT2D eigenvalue weighted by Gasteiger charge is -2.29. The number of fused-ring (bicyclic) bond motifs is 6. The van der Waals surface area contributed by atoms with Gasteiger partial charge in [-0.3, -0.25) is 5.41 Å². The Hall–Kier alpha value is -6.66. The fourth-order valence-corrected chi connectivity index (χ4v) is 8.53. The highest BCUT2D eigenvalue weighted by atomic mass is 16.5. The zero-order chi connectivity index (χ0) is 40.9. The van der Waals surface area contributed by atoms with E-state index >= 15 is 0 Å². The first-order valence-electron chi connectivity index (χ1n) is 20.6. The minimum absolute atomic E-state index is 0.0250. The van der Waals surface area contributed by atoms with Crippen molar-refractivity contribution in [2.24, 2.45) is 22.7 Å². The van der Waals surface area contributed by atoms with Crippen LogP contribution in [0, 0.1) is 23.2 Å². The van der Waals surface area contributed by atoms with Gasteiger partial charge >= 0.3 is 0 Å². The van der Waals surface area contributed by atoms with Crippen molar-refractivity contribution in [3.8, 4) is 16.9 Å². The molecule has 59 heavy (non-hydrogen) atoms. The van der Waals surface area contributed by atoms with E-state index in [0.29, 0.717) is 29.4 Å². The van der Waals surface area contributed by atoms with Gasteiger partial charge in [0.25, 0.3) is 0 Å². The topological polar surface area (TPSA) is 73.9 Å². The predicted molar refractivity (Wildman–Crippen MR) is 246 cm³/mol. The molecule has 4 aromatic carbocycles. The first kappa shape index (κ1) is 39.2. The van der Waals surface area contributed by atoms with E-state index in [0.717, 1.165) is 51.5 Å². The summed E-state index contributed by atoms with van der Waals surface area (Å²) in [4.78, 5) is 7.37. The molecule has 296 valence electrons.